The molecule has 1 amide bonds. The number of hydrogen-bond donors (Lipinski definition) is 1. The molecule has 200 valence electrons. The van der Waals surface area contributed by atoms with Gasteiger partial charge < -0.3 is 14.7 Å². The molecule has 1 heterocycles. The van der Waals surface area contributed by atoms with E-state index in [1.165, 1.54) is 39.0 Å². The maximum Gasteiger partial charge on any atom is 0.253 e. The normalized spacial score (nSPS) is 22.6. The fraction of sp³-hybridized carbons (Fsp3) is 0.464. The lowest BCUT2D eigenvalue weighted by atomic mass is 9.93. The third kappa shape index (κ3) is 5.89. The van der Waals surface area contributed by atoms with Gasteiger partial charge in [0.05, 0.1) is 13.2 Å². The van der Waals surface area contributed by atoms with Gasteiger partial charge in [-0.25, -0.2) is 12.8 Å². The molecule has 0 unspecified atom stereocenters. The highest BCUT2D eigenvalue weighted by Crippen LogP contribution is 2.37. The highest BCUT2D eigenvalue weighted by Gasteiger charge is 2.38. The molecule has 7 nitrogen and oxygen atoms in total. The standard InChI is InChI=1S/C28H35FN2O5S/c1-19-16-31(20(2)18-32)37(34,35)27-14-11-23(21-7-5-4-6-8-21)15-25(27)36-26(19)17-30(3)28(33)22-9-12-24(29)13-10-22/h7,9-15,19-20,26,32H,4-6,8,16-18H2,1-3H3/t19-,20+,26+/m1/s1. The van der Waals surface area contributed by atoms with Crippen molar-refractivity contribution in [2.24, 2.45) is 5.92 Å². The van der Waals surface area contributed by atoms with Gasteiger partial charge in [-0.1, -0.05) is 19.1 Å². The van der Waals surface area contributed by atoms with E-state index in [9.17, 15) is 22.7 Å². The Labute approximate surface area is 218 Å². The fourth-order valence-electron chi connectivity index (χ4n) is 4.91. The van der Waals surface area contributed by atoms with Crippen molar-refractivity contribution in [1.82, 2.24) is 9.21 Å². The highest BCUT2D eigenvalue weighted by atomic mass is 32.2. The second kappa shape index (κ2) is 11.3. The van der Waals surface area contributed by atoms with Crippen LogP contribution in [-0.4, -0.2) is 67.5 Å². The van der Waals surface area contributed by atoms with Gasteiger partial charge in [-0.3, -0.25) is 4.79 Å². The number of carbonyl (C=O) groups excluding carboxylic acids is 1. The number of sulfonamides is 1. The molecule has 0 bridgehead atoms. The largest absolute Gasteiger partial charge is 0.487 e. The van der Waals surface area contributed by atoms with Gasteiger partial charge in [0.15, 0.2) is 0 Å². The van der Waals surface area contributed by atoms with Crippen molar-refractivity contribution >= 4 is 21.5 Å². The smallest absolute Gasteiger partial charge is 0.253 e. The predicted octanol–water partition coefficient (Wildman–Crippen LogP) is 4.32. The summed E-state index contributed by atoms with van der Waals surface area (Å²) in [6, 6.07) is 9.94. The minimum atomic E-state index is -3.94. The van der Waals surface area contributed by atoms with Gasteiger partial charge in [0, 0.05) is 31.1 Å². The summed E-state index contributed by atoms with van der Waals surface area (Å²) in [4.78, 5) is 14.6. The Morgan fingerprint density at radius 1 is 1.22 bits per heavy atom. The molecule has 1 N–H and O–H groups in total. The number of allylic oxidation sites excluding steroid dienone is 2. The first-order chi connectivity index (χ1) is 17.6. The maximum atomic E-state index is 13.7. The van der Waals surface area contributed by atoms with Crippen molar-refractivity contribution in [2.75, 3.05) is 26.7 Å². The summed E-state index contributed by atoms with van der Waals surface area (Å²) < 4.78 is 48.4. The molecule has 2 aliphatic rings. The lowest BCUT2D eigenvalue weighted by molar-refractivity contribution is 0.0563. The van der Waals surface area contributed by atoms with E-state index in [-0.39, 0.29) is 42.2 Å². The Balaban J connectivity index is 1.71. The van der Waals surface area contributed by atoms with Crippen LogP contribution in [0.2, 0.25) is 0 Å². The van der Waals surface area contributed by atoms with Crippen molar-refractivity contribution in [3.8, 4) is 5.75 Å². The zero-order valence-corrected chi connectivity index (χ0v) is 22.4. The lowest BCUT2D eigenvalue weighted by Crippen LogP contribution is -2.50. The van der Waals surface area contributed by atoms with Crippen LogP contribution in [0.5, 0.6) is 5.75 Å². The minimum absolute atomic E-state index is 0.0531. The second-order valence-electron chi connectivity index (χ2n) is 10.1. The van der Waals surface area contributed by atoms with Crippen LogP contribution < -0.4 is 4.74 Å². The van der Waals surface area contributed by atoms with Gasteiger partial charge in [0.2, 0.25) is 10.0 Å². The van der Waals surface area contributed by atoms with E-state index < -0.39 is 28.0 Å². The molecule has 4 rings (SSSR count). The molecule has 1 aliphatic carbocycles. The molecule has 9 heteroatoms. The first-order valence-corrected chi connectivity index (χ1v) is 14.2. The third-order valence-corrected chi connectivity index (χ3v) is 9.24. The van der Waals surface area contributed by atoms with E-state index in [2.05, 4.69) is 6.08 Å². The van der Waals surface area contributed by atoms with E-state index in [1.54, 1.807) is 26.1 Å². The molecule has 2 aromatic carbocycles. The summed E-state index contributed by atoms with van der Waals surface area (Å²) in [7, 11) is -2.29. The molecule has 0 radical (unpaired) electrons. The molecule has 0 aromatic heterocycles. The SMILES string of the molecule is C[C@@H]1CN([C@@H](C)CO)S(=O)(=O)c2ccc(C3=CCCCC3)cc2O[C@H]1CN(C)C(=O)c1ccc(F)cc1. The number of fused-ring (bicyclic) bond motifs is 1. The van der Waals surface area contributed by atoms with Gasteiger partial charge in [0.25, 0.3) is 5.91 Å². The van der Waals surface area contributed by atoms with Crippen LogP contribution in [0.4, 0.5) is 4.39 Å². The summed E-state index contributed by atoms with van der Waals surface area (Å²) in [5.74, 6) is -0.750. The predicted molar refractivity (Wildman–Crippen MR) is 140 cm³/mol. The van der Waals surface area contributed by atoms with Crippen LogP contribution in [-0.2, 0) is 10.0 Å². The van der Waals surface area contributed by atoms with Gasteiger partial charge >= 0.3 is 0 Å². The van der Waals surface area contributed by atoms with Crippen LogP contribution in [0, 0.1) is 11.7 Å². The summed E-state index contributed by atoms with van der Waals surface area (Å²) >= 11 is 0. The number of carbonyl (C=O) groups is 1. The van der Waals surface area contributed by atoms with Crippen molar-refractivity contribution < 1.29 is 27.4 Å². The number of hydrogen-bond acceptors (Lipinski definition) is 5. The molecule has 37 heavy (non-hydrogen) atoms. The van der Waals surface area contributed by atoms with Crippen LogP contribution in [0.25, 0.3) is 5.57 Å². The summed E-state index contributed by atoms with van der Waals surface area (Å²) in [6.07, 6.45) is 5.81. The first kappa shape index (κ1) is 27.3. The summed E-state index contributed by atoms with van der Waals surface area (Å²) in [6.45, 7) is 3.56. The monoisotopic (exact) mass is 530 g/mol. The number of aliphatic hydroxyl groups excluding tert-OH is 1. The zero-order chi connectivity index (χ0) is 26.7. The number of benzene rings is 2. The number of rotatable bonds is 6. The van der Waals surface area contributed by atoms with E-state index in [4.69, 9.17) is 4.74 Å². The topological polar surface area (TPSA) is 87.2 Å². The van der Waals surface area contributed by atoms with Crippen LogP contribution in [0.3, 0.4) is 0 Å². The first-order valence-electron chi connectivity index (χ1n) is 12.8. The van der Waals surface area contributed by atoms with Crippen LogP contribution in [0.1, 0.15) is 55.5 Å². The Bertz CT molecular complexity index is 1260. The Kier molecular flexibility index (Phi) is 8.36. The molecule has 0 saturated heterocycles. The third-order valence-electron chi connectivity index (χ3n) is 7.22. The van der Waals surface area contributed by atoms with Gasteiger partial charge in [-0.05, 0) is 80.1 Å². The van der Waals surface area contributed by atoms with E-state index in [0.29, 0.717) is 5.56 Å². The molecular formula is C28H35FN2O5S. The molecule has 3 atom stereocenters. The molecular weight excluding hydrogens is 495 g/mol. The van der Waals surface area contributed by atoms with E-state index >= 15 is 0 Å². The quantitative estimate of drug-likeness (QED) is 0.601. The second-order valence-corrected chi connectivity index (χ2v) is 11.9. The Morgan fingerprint density at radius 3 is 2.59 bits per heavy atom. The minimum Gasteiger partial charge on any atom is -0.487 e. The number of ether oxygens (including phenoxy) is 1. The number of halogens is 1. The van der Waals surface area contributed by atoms with Crippen LogP contribution in [0.15, 0.2) is 53.4 Å². The maximum absolute atomic E-state index is 13.7. The Morgan fingerprint density at radius 2 is 1.95 bits per heavy atom. The van der Waals surface area contributed by atoms with E-state index in [0.717, 1.165) is 31.2 Å². The molecule has 2 aromatic rings. The lowest BCUT2D eigenvalue weighted by Gasteiger charge is -2.37. The average Bonchev–Trinajstić information content (AvgIpc) is 2.90. The highest BCUT2D eigenvalue weighted by molar-refractivity contribution is 7.89. The Hall–Kier alpha value is -2.75. The fourth-order valence-corrected chi connectivity index (χ4v) is 6.74. The molecule has 0 fully saturated rings. The van der Waals surface area contributed by atoms with Gasteiger partial charge in [-0.15, -0.1) is 0 Å². The number of aliphatic hydroxyl groups is 1. The number of likely N-dealkylation sites (N-methyl/N-ethyl adjacent to an activating group) is 1. The molecule has 1 aliphatic heterocycles. The zero-order valence-electron chi connectivity index (χ0n) is 21.6. The average molecular weight is 531 g/mol. The van der Waals surface area contributed by atoms with Crippen molar-refractivity contribution in [2.45, 2.75) is 56.6 Å². The van der Waals surface area contributed by atoms with Gasteiger partial charge in [-0.2, -0.15) is 4.31 Å². The van der Waals surface area contributed by atoms with Crippen molar-refractivity contribution in [3.63, 3.8) is 0 Å². The van der Waals surface area contributed by atoms with Gasteiger partial charge in [0.1, 0.15) is 22.6 Å². The van der Waals surface area contributed by atoms with Crippen molar-refractivity contribution in [3.05, 3.63) is 65.5 Å². The molecule has 0 saturated carbocycles. The molecule has 0 spiro atoms. The van der Waals surface area contributed by atoms with Crippen LogP contribution >= 0.6 is 0 Å². The summed E-state index contributed by atoms with van der Waals surface area (Å²) in [5, 5.41) is 9.84. The van der Waals surface area contributed by atoms with Crippen molar-refractivity contribution in [1.29, 1.82) is 0 Å². The van der Waals surface area contributed by atoms with E-state index in [1.807, 2.05) is 13.0 Å². The number of amides is 1. The summed E-state index contributed by atoms with van der Waals surface area (Å²) in [5.41, 5.74) is 2.46. The number of nitrogens with zero attached hydrogens (tertiary/aromatic N) is 2.